The number of rotatable bonds is 7. The van der Waals surface area contributed by atoms with Gasteiger partial charge in [-0.25, -0.2) is 0 Å². The van der Waals surface area contributed by atoms with E-state index in [1.165, 1.54) is 9.03 Å². The van der Waals surface area contributed by atoms with Crippen molar-refractivity contribution < 1.29 is 20.4 Å². The molecule has 0 aliphatic rings. The van der Waals surface area contributed by atoms with Gasteiger partial charge in [-0.15, -0.1) is 20.4 Å². The van der Waals surface area contributed by atoms with Crippen molar-refractivity contribution in [3.8, 4) is 22.8 Å². The quantitative estimate of drug-likeness (QED) is 0.217. The molecule has 0 fully saturated rings. The third kappa shape index (κ3) is 4.44. The van der Waals surface area contributed by atoms with Crippen molar-refractivity contribution in [2.24, 2.45) is 0 Å². The van der Waals surface area contributed by atoms with Gasteiger partial charge in [-0.2, -0.15) is 19.2 Å². The number of aromatic nitrogens is 8. The molecule has 38 heavy (non-hydrogen) atoms. The van der Waals surface area contributed by atoms with Crippen molar-refractivity contribution >= 4 is 55.8 Å². The van der Waals surface area contributed by atoms with E-state index in [1.807, 2.05) is 0 Å². The zero-order valence-electron chi connectivity index (χ0n) is 18.9. The number of nitrogens with zero attached hydrogens (tertiary/aromatic N) is 8. The molecule has 0 saturated carbocycles. The number of benzene rings is 2. The zero-order chi connectivity index (χ0) is 26.6. The van der Waals surface area contributed by atoms with Gasteiger partial charge in [0.05, 0.1) is 0 Å². The van der Waals surface area contributed by atoms with Crippen LogP contribution in [0.25, 0.3) is 32.7 Å². The maximum absolute atomic E-state index is 10.8. The molecule has 16 heteroatoms. The van der Waals surface area contributed by atoms with Crippen LogP contribution in [0.4, 0.5) is 0 Å². The Morgan fingerprint density at radius 3 is 1.32 bits per heavy atom. The highest BCUT2D eigenvalue weighted by molar-refractivity contribution is 7.17. The molecule has 0 amide bonds. The Bertz CT molecular complexity index is 1610. The molecule has 0 saturated heterocycles. The summed E-state index contributed by atoms with van der Waals surface area (Å²) >= 11 is 13.9. The molecule has 4 heterocycles. The van der Waals surface area contributed by atoms with E-state index >= 15 is 0 Å². The number of hydrogen-bond donors (Lipinski definition) is 4. The fourth-order valence-electron chi connectivity index (χ4n) is 3.73. The number of halogens is 2. The second-order valence-electron chi connectivity index (χ2n) is 8.20. The largest absolute Gasteiger partial charge is 0.387 e. The molecule has 194 valence electrons. The molecule has 0 aliphatic heterocycles. The summed E-state index contributed by atoms with van der Waals surface area (Å²) in [6.07, 6.45) is -6.84. The summed E-state index contributed by atoms with van der Waals surface area (Å²) < 4.78 is 2.84. The van der Waals surface area contributed by atoms with E-state index in [0.29, 0.717) is 42.7 Å². The lowest BCUT2D eigenvalue weighted by atomic mass is 10.0. The highest BCUT2D eigenvalue weighted by Crippen LogP contribution is 2.32. The Morgan fingerprint density at radius 2 is 0.947 bits per heavy atom. The van der Waals surface area contributed by atoms with Crippen molar-refractivity contribution in [2.75, 3.05) is 0 Å². The van der Waals surface area contributed by atoms with Crippen LogP contribution < -0.4 is 0 Å². The summed E-state index contributed by atoms with van der Waals surface area (Å²) in [5.74, 6) is 0.829. The number of aliphatic hydroxyl groups excluding tert-OH is 4. The zero-order valence-corrected chi connectivity index (χ0v) is 22.0. The Balaban J connectivity index is 1.23. The maximum Gasteiger partial charge on any atom is 0.235 e. The maximum atomic E-state index is 10.8. The standard InChI is InChI=1S/C22H16Cl2N8O4S2/c23-11-5-1-9(2-6-11)17-25-27-21-31(17)29-19(37-21)15(35)13(33)14(34)16(36)20-30-32-18(26-28-22(32)38-20)10-3-7-12(24)8-4-10/h1-8,13-16,33-36H/t13-,14+,15+,16-. The van der Waals surface area contributed by atoms with Crippen LogP contribution in [0.1, 0.15) is 22.2 Å². The molecule has 6 aromatic rings. The van der Waals surface area contributed by atoms with Gasteiger partial charge >= 0.3 is 0 Å². The molecule has 6 rings (SSSR count). The molecule has 4 aromatic heterocycles. The lowest BCUT2D eigenvalue weighted by molar-refractivity contribution is -0.108. The predicted octanol–water partition coefficient (Wildman–Crippen LogP) is 2.81. The monoisotopic (exact) mass is 590 g/mol. The topological polar surface area (TPSA) is 167 Å². The highest BCUT2D eigenvalue weighted by atomic mass is 35.5. The van der Waals surface area contributed by atoms with Gasteiger partial charge in [0.2, 0.25) is 9.92 Å². The van der Waals surface area contributed by atoms with Crippen LogP contribution in [0, 0.1) is 0 Å². The van der Waals surface area contributed by atoms with E-state index in [0.717, 1.165) is 22.7 Å². The molecule has 0 spiro atoms. The smallest absolute Gasteiger partial charge is 0.235 e. The third-order valence-electron chi connectivity index (χ3n) is 5.72. The fraction of sp³-hybridized carbons (Fsp3) is 0.182. The summed E-state index contributed by atoms with van der Waals surface area (Å²) in [6, 6.07) is 13.8. The fourth-order valence-corrected chi connectivity index (χ4v) is 5.71. The summed E-state index contributed by atoms with van der Waals surface area (Å²) in [5.41, 5.74) is 1.40. The Kier molecular flexibility index (Phi) is 6.57. The van der Waals surface area contributed by atoms with E-state index in [2.05, 4.69) is 30.6 Å². The minimum Gasteiger partial charge on any atom is -0.387 e. The Labute approximate surface area is 231 Å². The molecule has 4 N–H and O–H groups in total. The van der Waals surface area contributed by atoms with Crippen LogP contribution in [0.5, 0.6) is 0 Å². The molecule has 0 aliphatic carbocycles. The van der Waals surface area contributed by atoms with Gasteiger partial charge in [0, 0.05) is 21.2 Å². The molecular formula is C22H16Cl2N8O4S2. The van der Waals surface area contributed by atoms with E-state index in [9.17, 15) is 20.4 Å². The third-order valence-corrected chi connectivity index (χ3v) is 8.16. The average molecular weight is 591 g/mol. The van der Waals surface area contributed by atoms with Crippen molar-refractivity contribution in [3.63, 3.8) is 0 Å². The van der Waals surface area contributed by atoms with Crippen LogP contribution in [0.15, 0.2) is 48.5 Å². The summed E-state index contributed by atoms with van der Waals surface area (Å²) in [6.45, 7) is 0. The first-order valence-corrected chi connectivity index (χ1v) is 13.4. The Hall–Kier alpha value is -3.08. The van der Waals surface area contributed by atoms with Crippen molar-refractivity contribution in [3.05, 3.63) is 68.6 Å². The van der Waals surface area contributed by atoms with Crippen LogP contribution in [-0.2, 0) is 0 Å². The van der Waals surface area contributed by atoms with Gasteiger partial charge in [0.15, 0.2) is 11.6 Å². The first-order chi connectivity index (χ1) is 18.3. The molecule has 0 radical (unpaired) electrons. The number of hydrogen-bond acceptors (Lipinski definition) is 12. The van der Waals surface area contributed by atoms with Crippen molar-refractivity contribution in [1.29, 1.82) is 0 Å². The summed E-state index contributed by atoms with van der Waals surface area (Å²) in [4.78, 5) is 0.740. The second-order valence-corrected chi connectivity index (χ2v) is 11.0. The predicted molar refractivity (Wildman–Crippen MR) is 140 cm³/mol. The average Bonchev–Trinajstić information content (AvgIpc) is 3.69. The van der Waals surface area contributed by atoms with Gasteiger partial charge in [-0.3, -0.25) is 0 Å². The molecular weight excluding hydrogens is 575 g/mol. The van der Waals surface area contributed by atoms with E-state index in [4.69, 9.17) is 23.2 Å². The van der Waals surface area contributed by atoms with Crippen LogP contribution in [0.3, 0.4) is 0 Å². The van der Waals surface area contributed by atoms with E-state index < -0.39 is 24.4 Å². The second kappa shape index (κ2) is 9.91. The molecule has 0 bridgehead atoms. The minimum absolute atomic E-state index is 0.0760. The number of fused-ring (bicyclic) bond motifs is 2. The first-order valence-electron chi connectivity index (χ1n) is 11.0. The normalized spacial score (nSPS) is 15.2. The van der Waals surface area contributed by atoms with E-state index in [-0.39, 0.29) is 10.0 Å². The van der Waals surface area contributed by atoms with Crippen LogP contribution >= 0.6 is 45.9 Å². The molecule has 0 unspecified atom stereocenters. The summed E-state index contributed by atoms with van der Waals surface area (Å²) in [7, 11) is 0. The first kappa shape index (κ1) is 25.2. The minimum atomic E-state index is -1.79. The summed E-state index contributed by atoms with van der Waals surface area (Å²) in [5, 5.41) is 69.2. The molecule has 12 nitrogen and oxygen atoms in total. The van der Waals surface area contributed by atoms with Crippen LogP contribution in [-0.4, -0.2) is 72.3 Å². The lowest BCUT2D eigenvalue weighted by Gasteiger charge is -2.24. The molecule has 2 aromatic carbocycles. The number of aliphatic hydroxyl groups is 4. The van der Waals surface area contributed by atoms with Crippen LogP contribution in [0.2, 0.25) is 10.0 Å². The van der Waals surface area contributed by atoms with Crippen molar-refractivity contribution in [2.45, 2.75) is 24.4 Å². The van der Waals surface area contributed by atoms with Gasteiger partial charge in [-0.1, -0.05) is 45.9 Å². The molecule has 4 atom stereocenters. The Morgan fingerprint density at radius 1 is 0.579 bits per heavy atom. The van der Waals surface area contributed by atoms with Gasteiger partial charge in [0.1, 0.15) is 34.4 Å². The highest BCUT2D eigenvalue weighted by Gasteiger charge is 2.36. The lowest BCUT2D eigenvalue weighted by Crippen LogP contribution is -2.37. The SMILES string of the molecule is O[C@H]([C@H](O)[C@@H](O)c1nn2c(-c3ccc(Cl)cc3)nnc2s1)[C@H](O)c1nn2c(-c3ccc(Cl)cc3)nnc2s1. The van der Waals surface area contributed by atoms with Gasteiger partial charge in [-0.05, 0) is 48.5 Å². The van der Waals surface area contributed by atoms with Gasteiger partial charge in [0.25, 0.3) is 0 Å². The van der Waals surface area contributed by atoms with Crippen molar-refractivity contribution in [1.82, 2.24) is 39.6 Å². The van der Waals surface area contributed by atoms with Gasteiger partial charge < -0.3 is 20.4 Å². The van der Waals surface area contributed by atoms with E-state index in [1.54, 1.807) is 48.5 Å².